The van der Waals surface area contributed by atoms with Crippen LogP contribution in [-0.2, 0) is 26.2 Å². The van der Waals surface area contributed by atoms with Gasteiger partial charge < -0.3 is 15.0 Å². The molecule has 3 aromatic carbocycles. The number of amides is 2. The zero-order chi connectivity index (χ0) is 28.7. The van der Waals surface area contributed by atoms with Crippen molar-refractivity contribution in [2.45, 2.75) is 31.3 Å². The third-order valence-corrected chi connectivity index (χ3v) is 8.64. The lowest BCUT2D eigenvalue weighted by Gasteiger charge is -2.32. The first-order chi connectivity index (χ1) is 18.5. The molecule has 0 aliphatic carbocycles. The van der Waals surface area contributed by atoms with Crippen molar-refractivity contribution in [3.63, 3.8) is 0 Å². The fourth-order valence-electron chi connectivity index (χ4n) is 3.77. The maximum Gasteiger partial charge on any atom is 0.264 e. The molecule has 2 amide bonds. The number of halogens is 3. The molecule has 0 aromatic heterocycles. The van der Waals surface area contributed by atoms with Crippen LogP contribution in [0.2, 0.25) is 15.1 Å². The predicted octanol–water partition coefficient (Wildman–Crippen LogP) is 5.40. The first-order valence-electron chi connectivity index (χ1n) is 11.9. The second-order valence-corrected chi connectivity index (χ2v) is 11.6. The number of hydrogen-bond donors (Lipinski definition) is 1. The average Bonchev–Trinajstić information content (AvgIpc) is 2.91. The Morgan fingerprint density at radius 3 is 2.26 bits per heavy atom. The molecule has 1 N–H and O–H groups in total. The van der Waals surface area contributed by atoms with Gasteiger partial charge in [0, 0.05) is 18.1 Å². The van der Waals surface area contributed by atoms with Gasteiger partial charge in [-0.05, 0) is 74.0 Å². The molecule has 0 aliphatic heterocycles. The molecule has 12 heteroatoms. The molecule has 3 aromatic rings. The molecule has 0 radical (unpaired) electrons. The van der Waals surface area contributed by atoms with E-state index >= 15 is 0 Å². The third kappa shape index (κ3) is 7.57. The molecule has 39 heavy (non-hydrogen) atoms. The lowest BCUT2D eigenvalue weighted by atomic mass is 10.1. The van der Waals surface area contributed by atoms with Gasteiger partial charge in [-0.25, -0.2) is 8.42 Å². The molecule has 8 nitrogen and oxygen atoms in total. The van der Waals surface area contributed by atoms with Crippen LogP contribution in [0, 0.1) is 0 Å². The first kappa shape index (κ1) is 30.6. The van der Waals surface area contributed by atoms with Crippen molar-refractivity contribution in [2.75, 3.05) is 24.5 Å². The largest absolute Gasteiger partial charge is 0.497 e. The fraction of sp³-hybridized carbons (Fsp3) is 0.259. The third-order valence-electron chi connectivity index (χ3n) is 5.88. The van der Waals surface area contributed by atoms with E-state index in [2.05, 4.69) is 5.32 Å². The Morgan fingerprint density at radius 2 is 1.67 bits per heavy atom. The number of methoxy groups -OCH3 is 1. The van der Waals surface area contributed by atoms with Gasteiger partial charge in [0.15, 0.2) is 0 Å². The number of carbonyl (C=O) groups excluding carboxylic acids is 2. The summed E-state index contributed by atoms with van der Waals surface area (Å²) in [4.78, 5) is 27.8. The Labute approximate surface area is 243 Å². The summed E-state index contributed by atoms with van der Waals surface area (Å²) in [5.74, 6) is -0.530. The van der Waals surface area contributed by atoms with Gasteiger partial charge in [-0.3, -0.25) is 13.9 Å². The highest BCUT2D eigenvalue weighted by atomic mass is 35.5. The Kier molecular flexibility index (Phi) is 10.5. The Bertz CT molecular complexity index is 1430. The predicted molar refractivity (Wildman–Crippen MR) is 154 cm³/mol. The van der Waals surface area contributed by atoms with Gasteiger partial charge in [0.05, 0.1) is 27.7 Å². The molecule has 3 rings (SSSR count). The number of sulfonamides is 1. The zero-order valence-electron chi connectivity index (χ0n) is 21.5. The van der Waals surface area contributed by atoms with E-state index in [1.54, 1.807) is 44.2 Å². The van der Waals surface area contributed by atoms with Crippen molar-refractivity contribution in [2.24, 2.45) is 0 Å². The number of hydrogen-bond acceptors (Lipinski definition) is 5. The molecule has 0 saturated carbocycles. The van der Waals surface area contributed by atoms with E-state index in [1.807, 2.05) is 0 Å². The second kappa shape index (κ2) is 13.4. The number of ether oxygens (including phenoxy) is 1. The minimum absolute atomic E-state index is 0.0139. The van der Waals surface area contributed by atoms with Crippen LogP contribution < -0.4 is 14.4 Å². The average molecular weight is 613 g/mol. The standard InChI is InChI=1S/C27H28Cl3N3O5S/c1-4-31-27(35)18(2)32(16-19-8-13-24(29)25(30)14-19)26(34)17-33(21-7-5-6-20(28)15-21)39(36,37)23-11-9-22(38-3)10-12-23/h5-15,18H,4,16-17H2,1-3H3,(H,31,35)/t18-/m0/s1. The first-order valence-corrected chi connectivity index (χ1v) is 14.5. The van der Waals surface area contributed by atoms with Crippen LogP contribution in [0.5, 0.6) is 5.75 Å². The summed E-state index contributed by atoms with van der Waals surface area (Å²) < 4.78 is 33.7. The highest BCUT2D eigenvalue weighted by Gasteiger charge is 2.32. The van der Waals surface area contributed by atoms with Crippen molar-refractivity contribution >= 4 is 62.3 Å². The molecule has 0 saturated heterocycles. The van der Waals surface area contributed by atoms with Crippen LogP contribution in [0.1, 0.15) is 19.4 Å². The summed E-state index contributed by atoms with van der Waals surface area (Å²) in [6, 6.07) is 15.9. The summed E-state index contributed by atoms with van der Waals surface area (Å²) in [7, 11) is -2.76. The van der Waals surface area contributed by atoms with Crippen LogP contribution in [0.3, 0.4) is 0 Å². The molecule has 208 valence electrons. The van der Waals surface area contributed by atoms with Crippen LogP contribution >= 0.6 is 34.8 Å². The molecule has 0 bridgehead atoms. The number of nitrogens with zero attached hydrogens (tertiary/aromatic N) is 2. The highest BCUT2D eigenvalue weighted by molar-refractivity contribution is 7.92. The highest BCUT2D eigenvalue weighted by Crippen LogP contribution is 2.28. The van der Waals surface area contributed by atoms with E-state index in [1.165, 1.54) is 48.4 Å². The Balaban J connectivity index is 2.04. The van der Waals surface area contributed by atoms with Crippen molar-refractivity contribution in [3.8, 4) is 5.75 Å². The van der Waals surface area contributed by atoms with Gasteiger partial charge in [-0.2, -0.15) is 0 Å². The molecule has 1 atom stereocenters. The minimum atomic E-state index is -4.23. The van der Waals surface area contributed by atoms with E-state index in [4.69, 9.17) is 39.5 Å². The number of nitrogens with one attached hydrogen (secondary N) is 1. The minimum Gasteiger partial charge on any atom is -0.497 e. The molecule has 0 fully saturated rings. The van der Waals surface area contributed by atoms with Gasteiger partial charge in [0.1, 0.15) is 18.3 Å². The SMILES string of the molecule is CCNC(=O)[C@H](C)N(Cc1ccc(Cl)c(Cl)c1)C(=O)CN(c1cccc(Cl)c1)S(=O)(=O)c1ccc(OC)cc1. The van der Waals surface area contributed by atoms with E-state index in [9.17, 15) is 18.0 Å². The number of rotatable bonds is 11. The fourth-order valence-corrected chi connectivity index (χ4v) is 5.69. The maximum atomic E-state index is 13.8. The maximum absolute atomic E-state index is 13.8. The summed E-state index contributed by atoms with van der Waals surface area (Å²) in [5, 5.41) is 3.62. The molecular weight excluding hydrogens is 585 g/mol. The zero-order valence-corrected chi connectivity index (χ0v) is 24.6. The number of carbonyl (C=O) groups is 2. The Morgan fingerprint density at radius 1 is 0.974 bits per heavy atom. The molecular formula is C27H28Cl3N3O5S. The Hall–Kier alpha value is -2.98. The summed E-state index contributed by atoms with van der Waals surface area (Å²) in [5.41, 5.74) is 0.799. The van der Waals surface area contributed by atoms with Gasteiger partial charge in [0.25, 0.3) is 10.0 Å². The van der Waals surface area contributed by atoms with Gasteiger partial charge >= 0.3 is 0 Å². The van der Waals surface area contributed by atoms with Crippen LogP contribution in [-0.4, -0.2) is 51.4 Å². The van der Waals surface area contributed by atoms with Crippen molar-refractivity contribution < 1.29 is 22.7 Å². The molecule has 0 spiro atoms. The van der Waals surface area contributed by atoms with Crippen LogP contribution in [0.15, 0.2) is 71.6 Å². The monoisotopic (exact) mass is 611 g/mol. The van der Waals surface area contributed by atoms with Crippen molar-refractivity contribution in [1.29, 1.82) is 0 Å². The van der Waals surface area contributed by atoms with Crippen LogP contribution in [0.25, 0.3) is 0 Å². The van der Waals surface area contributed by atoms with Gasteiger partial charge in [-0.1, -0.05) is 46.9 Å². The number of likely N-dealkylation sites (N-methyl/N-ethyl adjacent to an activating group) is 1. The van der Waals surface area contributed by atoms with Gasteiger partial charge in [0.2, 0.25) is 11.8 Å². The summed E-state index contributed by atoms with van der Waals surface area (Å²) in [6.45, 7) is 3.08. The normalized spacial score (nSPS) is 11.9. The van der Waals surface area contributed by atoms with E-state index in [0.717, 1.165) is 4.31 Å². The van der Waals surface area contributed by atoms with Gasteiger partial charge in [-0.15, -0.1) is 0 Å². The smallest absolute Gasteiger partial charge is 0.264 e. The summed E-state index contributed by atoms with van der Waals surface area (Å²) >= 11 is 18.4. The van der Waals surface area contributed by atoms with E-state index in [0.29, 0.717) is 27.9 Å². The summed E-state index contributed by atoms with van der Waals surface area (Å²) in [6.07, 6.45) is 0. The van der Waals surface area contributed by atoms with Crippen LogP contribution in [0.4, 0.5) is 5.69 Å². The number of benzene rings is 3. The topological polar surface area (TPSA) is 96.0 Å². The van der Waals surface area contributed by atoms with Crippen molar-refractivity contribution in [3.05, 3.63) is 87.4 Å². The quantitative estimate of drug-likeness (QED) is 0.313. The lowest BCUT2D eigenvalue weighted by Crippen LogP contribution is -2.51. The number of anilines is 1. The van der Waals surface area contributed by atoms with E-state index < -0.39 is 34.4 Å². The van der Waals surface area contributed by atoms with Crippen molar-refractivity contribution in [1.82, 2.24) is 10.2 Å². The second-order valence-electron chi connectivity index (χ2n) is 8.51. The molecule has 0 unspecified atom stereocenters. The molecule has 0 aliphatic rings. The lowest BCUT2D eigenvalue weighted by molar-refractivity contribution is -0.139. The van der Waals surface area contributed by atoms with E-state index in [-0.39, 0.29) is 22.2 Å². The molecule has 0 heterocycles.